The van der Waals surface area contributed by atoms with Gasteiger partial charge < -0.3 is 5.73 Å². The van der Waals surface area contributed by atoms with E-state index in [1.165, 1.54) is 11.3 Å². The first-order valence-electron chi connectivity index (χ1n) is 3.62. The van der Waals surface area contributed by atoms with Crippen LogP contribution in [0.4, 0.5) is 5.13 Å². The fraction of sp³-hybridized carbons (Fsp3) is 0.429. The third kappa shape index (κ3) is 1.17. The number of hydrogen-bond acceptors (Lipinski definition) is 4. The Morgan fingerprint density at radius 3 is 3.17 bits per heavy atom. The Labute approximate surface area is 82.1 Å². The zero-order valence-electron chi connectivity index (χ0n) is 6.21. The van der Waals surface area contributed by atoms with Crippen LogP contribution in [-0.2, 0) is 6.42 Å². The van der Waals surface area contributed by atoms with Gasteiger partial charge in [-0.05, 0) is 12.8 Å². The summed E-state index contributed by atoms with van der Waals surface area (Å²) in [4.78, 5) is 16.3. The molecule has 0 aromatic carbocycles. The van der Waals surface area contributed by atoms with E-state index in [-0.39, 0.29) is 10.6 Å². The molecule has 1 atom stereocenters. The van der Waals surface area contributed by atoms with Gasteiger partial charge in [0, 0.05) is 0 Å². The van der Waals surface area contributed by atoms with Crippen molar-refractivity contribution in [3.8, 4) is 0 Å². The molecular weight excluding hydrogens is 240 g/mol. The second kappa shape index (κ2) is 2.81. The largest absolute Gasteiger partial charge is 0.375 e. The predicted octanol–water partition coefficient (Wildman–Crippen LogP) is 1.62. The number of Topliss-reactive ketones (excluding diaryl/α,β-unsaturated/α-hetero) is 1. The predicted molar refractivity (Wildman–Crippen MR) is 51.9 cm³/mol. The molecule has 2 rings (SSSR count). The average molecular weight is 247 g/mol. The van der Waals surface area contributed by atoms with Crippen molar-refractivity contribution in [2.24, 2.45) is 0 Å². The third-order valence-electron chi connectivity index (χ3n) is 1.86. The number of fused-ring (bicyclic) bond motifs is 1. The van der Waals surface area contributed by atoms with E-state index < -0.39 is 0 Å². The van der Waals surface area contributed by atoms with Crippen LogP contribution in [0.15, 0.2) is 0 Å². The average Bonchev–Trinajstić information content (AvgIpc) is 2.39. The van der Waals surface area contributed by atoms with Crippen molar-refractivity contribution < 1.29 is 4.79 Å². The van der Waals surface area contributed by atoms with E-state index >= 15 is 0 Å². The number of rotatable bonds is 0. The number of carbonyl (C=O) groups excluding carboxylic acids is 1. The van der Waals surface area contributed by atoms with Crippen LogP contribution in [-0.4, -0.2) is 15.6 Å². The minimum atomic E-state index is -0.0372. The standard InChI is InChI=1S/C7H7BrN2OS/c8-3-1-2-4-6(5(3)11)12-7(9)10-4/h3H,1-2H2,(H2,9,10)/t3-/m0/s1. The molecular formula is C7H7BrN2OS. The quantitative estimate of drug-likeness (QED) is 0.708. The lowest BCUT2D eigenvalue weighted by Crippen LogP contribution is -2.20. The summed E-state index contributed by atoms with van der Waals surface area (Å²) in [5.41, 5.74) is 6.38. The highest BCUT2D eigenvalue weighted by Gasteiger charge is 2.28. The van der Waals surface area contributed by atoms with Gasteiger partial charge in [-0.3, -0.25) is 4.79 Å². The van der Waals surface area contributed by atoms with Crippen LogP contribution in [0, 0.1) is 0 Å². The highest BCUT2D eigenvalue weighted by atomic mass is 79.9. The van der Waals surface area contributed by atoms with Gasteiger partial charge in [-0.2, -0.15) is 0 Å². The molecule has 5 heteroatoms. The molecule has 0 radical (unpaired) electrons. The Morgan fingerprint density at radius 1 is 1.67 bits per heavy atom. The number of hydrogen-bond donors (Lipinski definition) is 1. The maximum absolute atomic E-state index is 11.5. The Kier molecular flexibility index (Phi) is 1.92. The highest BCUT2D eigenvalue weighted by molar-refractivity contribution is 9.10. The van der Waals surface area contributed by atoms with E-state index in [0.717, 1.165) is 23.4 Å². The van der Waals surface area contributed by atoms with Crippen molar-refractivity contribution in [3.05, 3.63) is 10.6 Å². The van der Waals surface area contributed by atoms with Crippen LogP contribution in [0.1, 0.15) is 21.8 Å². The first-order chi connectivity index (χ1) is 5.68. The maximum atomic E-state index is 11.5. The second-order valence-electron chi connectivity index (χ2n) is 2.70. The van der Waals surface area contributed by atoms with Gasteiger partial charge in [-0.1, -0.05) is 27.3 Å². The number of ketones is 1. The van der Waals surface area contributed by atoms with Crippen molar-refractivity contribution in [2.75, 3.05) is 5.73 Å². The molecule has 1 aromatic rings. The molecule has 0 saturated carbocycles. The molecule has 0 fully saturated rings. The zero-order valence-corrected chi connectivity index (χ0v) is 8.61. The lowest BCUT2D eigenvalue weighted by Gasteiger charge is -2.12. The number of aryl methyl sites for hydroxylation is 1. The van der Waals surface area contributed by atoms with Gasteiger partial charge in [-0.25, -0.2) is 4.98 Å². The molecule has 2 N–H and O–H groups in total. The SMILES string of the molecule is Nc1nc2c(s1)C(=O)[C@@H](Br)CC2. The number of halogens is 1. The number of nitrogens with zero attached hydrogens (tertiary/aromatic N) is 1. The monoisotopic (exact) mass is 246 g/mol. The van der Waals surface area contributed by atoms with Crippen molar-refractivity contribution in [1.29, 1.82) is 0 Å². The molecule has 1 aliphatic rings. The van der Waals surface area contributed by atoms with Crippen LogP contribution < -0.4 is 5.73 Å². The summed E-state index contributed by atoms with van der Waals surface area (Å²) < 4.78 is 0. The number of aromatic nitrogens is 1. The molecule has 0 spiro atoms. The molecule has 1 aromatic heterocycles. The van der Waals surface area contributed by atoms with Gasteiger partial charge in [0.15, 0.2) is 10.9 Å². The lowest BCUT2D eigenvalue weighted by atomic mass is 10.0. The zero-order chi connectivity index (χ0) is 8.72. The first kappa shape index (κ1) is 8.19. The molecule has 3 nitrogen and oxygen atoms in total. The van der Waals surface area contributed by atoms with Crippen molar-refractivity contribution >= 4 is 38.2 Å². The topological polar surface area (TPSA) is 56.0 Å². The second-order valence-corrected chi connectivity index (χ2v) is 4.83. The van der Waals surface area contributed by atoms with E-state index in [1.54, 1.807) is 0 Å². The maximum Gasteiger partial charge on any atom is 0.188 e. The Morgan fingerprint density at radius 2 is 2.42 bits per heavy atom. The first-order valence-corrected chi connectivity index (χ1v) is 5.35. The number of thiazole rings is 1. The van der Waals surface area contributed by atoms with Gasteiger partial charge in [0.1, 0.15) is 0 Å². The number of nitrogen functional groups attached to an aromatic ring is 1. The molecule has 64 valence electrons. The number of carbonyl (C=O) groups is 1. The smallest absolute Gasteiger partial charge is 0.188 e. The van der Waals surface area contributed by atoms with Crippen LogP contribution in [0.2, 0.25) is 0 Å². The fourth-order valence-electron chi connectivity index (χ4n) is 1.27. The minimum Gasteiger partial charge on any atom is -0.375 e. The molecule has 12 heavy (non-hydrogen) atoms. The normalized spacial score (nSPS) is 22.4. The molecule has 1 heterocycles. The summed E-state index contributed by atoms with van der Waals surface area (Å²) in [7, 11) is 0. The molecule has 0 bridgehead atoms. The summed E-state index contributed by atoms with van der Waals surface area (Å²) in [6.07, 6.45) is 1.68. The molecule has 0 unspecified atom stereocenters. The molecule has 0 saturated heterocycles. The lowest BCUT2D eigenvalue weighted by molar-refractivity contribution is 0.0985. The molecule has 1 aliphatic carbocycles. The van der Waals surface area contributed by atoms with Gasteiger partial charge in [0.2, 0.25) is 0 Å². The van der Waals surface area contributed by atoms with E-state index in [4.69, 9.17) is 5.73 Å². The van der Waals surface area contributed by atoms with Gasteiger partial charge in [0.05, 0.1) is 15.4 Å². The highest BCUT2D eigenvalue weighted by Crippen LogP contribution is 2.30. The van der Waals surface area contributed by atoms with E-state index in [9.17, 15) is 4.79 Å². The minimum absolute atomic E-state index is 0.0372. The van der Waals surface area contributed by atoms with Crippen molar-refractivity contribution in [2.45, 2.75) is 17.7 Å². The summed E-state index contributed by atoms with van der Waals surface area (Å²) in [6.45, 7) is 0. The number of anilines is 1. The summed E-state index contributed by atoms with van der Waals surface area (Å²) >= 11 is 4.61. The van der Waals surface area contributed by atoms with Crippen LogP contribution in [0.25, 0.3) is 0 Å². The number of nitrogens with two attached hydrogens (primary N) is 1. The van der Waals surface area contributed by atoms with Crippen molar-refractivity contribution in [1.82, 2.24) is 4.98 Å². The number of alkyl halides is 1. The summed E-state index contributed by atoms with van der Waals surface area (Å²) in [5.74, 6) is 0.130. The van der Waals surface area contributed by atoms with Crippen LogP contribution in [0.5, 0.6) is 0 Å². The Balaban J connectivity index is 2.48. The van der Waals surface area contributed by atoms with Crippen LogP contribution >= 0.6 is 27.3 Å². The Hall–Kier alpha value is -0.420. The van der Waals surface area contributed by atoms with Gasteiger partial charge in [-0.15, -0.1) is 0 Å². The fourth-order valence-corrected chi connectivity index (χ4v) is 2.75. The van der Waals surface area contributed by atoms with E-state index in [2.05, 4.69) is 20.9 Å². The molecule has 0 amide bonds. The van der Waals surface area contributed by atoms with E-state index in [1.807, 2.05) is 0 Å². The van der Waals surface area contributed by atoms with E-state index in [0.29, 0.717) is 5.13 Å². The summed E-state index contributed by atoms with van der Waals surface area (Å²) in [6, 6.07) is 0. The Bertz CT molecular complexity index is 336. The van der Waals surface area contributed by atoms with Gasteiger partial charge >= 0.3 is 0 Å². The van der Waals surface area contributed by atoms with Crippen LogP contribution in [0.3, 0.4) is 0 Å². The molecule has 0 aliphatic heterocycles. The third-order valence-corrected chi connectivity index (χ3v) is 3.67. The van der Waals surface area contributed by atoms with Gasteiger partial charge in [0.25, 0.3) is 0 Å². The van der Waals surface area contributed by atoms with Crippen molar-refractivity contribution in [3.63, 3.8) is 0 Å². The summed E-state index contributed by atoms with van der Waals surface area (Å²) in [5, 5.41) is 0.495.